The Kier molecular flexibility index (Phi) is 2.22. The van der Waals surface area contributed by atoms with Crippen molar-refractivity contribution in [2.75, 3.05) is 0 Å². The molecule has 0 spiro atoms. The third kappa shape index (κ3) is 1.72. The van der Waals surface area contributed by atoms with Crippen molar-refractivity contribution in [3.05, 3.63) is 42.0 Å². The molecule has 0 radical (unpaired) electrons. The first-order valence-corrected chi connectivity index (χ1v) is 5.48. The summed E-state index contributed by atoms with van der Waals surface area (Å²) in [5, 5.41) is 13.5. The van der Waals surface area contributed by atoms with Crippen LogP contribution < -0.4 is 0 Å². The van der Waals surface area contributed by atoms with Crippen LogP contribution in [0.4, 0.5) is 0 Å². The topological polar surface area (TPSA) is 50.9 Å². The molecule has 3 rings (SSSR count). The number of pyridine rings is 1. The summed E-state index contributed by atoms with van der Waals surface area (Å²) in [5.74, 6) is 0.667. The van der Waals surface area contributed by atoms with E-state index < -0.39 is 0 Å². The molecule has 1 aliphatic rings. The fraction of sp³-hybridized carbons (Fsp3) is 0.333. The molecule has 2 aromatic heterocycles. The summed E-state index contributed by atoms with van der Waals surface area (Å²) in [5.41, 5.74) is 2.79. The van der Waals surface area contributed by atoms with Crippen LogP contribution >= 0.6 is 0 Å². The molecule has 1 fully saturated rings. The molecule has 1 N–H and O–H groups in total. The SMILES string of the molecule is OCc1cc(-n2ccc(C3CC3)n2)ccn1. The van der Waals surface area contributed by atoms with E-state index in [0.717, 1.165) is 5.69 Å². The van der Waals surface area contributed by atoms with Gasteiger partial charge in [-0.05, 0) is 31.0 Å². The van der Waals surface area contributed by atoms with Gasteiger partial charge >= 0.3 is 0 Å². The second-order valence-corrected chi connectivity index (χ2v) is 4.12. The van der Waals surface area contributed by atoms with Crippen LogP contribution in [0.15, 0.2) is 30.6 Å². The maximum Gasteiger partial charge on any atom is 0.0853 e. The zero-order chi connectivity index (χ0) is 11.0. The van der Waals surface area contributed by atoms with Gasteiger partial charge in [-0.3, -0.25) is 4.98 Å². The number of hydrogen-bond donors (Lipinski definition) is 1. The van der Waals surface area contributed by atoms with Crippen molar-refractivity contribution < 1.29 is 5.11 Å². The van der Waals surface area contributed by atoms with E-state index >= 15 is 0 Å². The molecule has 0 aliphatic heterocycles. The van der Waals surface area contributed by atoms with E-state index in [1.165, 1.54) is 18.5 Å². The van der Waals surface area contributed by atoms with Crippen molar-refractivity contribution in [1.82, 2.24) is 14.8 Å². The first kappa shape index (κ1) is 9.54. The Morgan fingerprint density at radius 2 is 2.25 bits per heavy atom. The lowest BCUT2D eigenvalue weighted by atomic mass is 10.3. The van der Waals surface area contributed by atoms with Gasteiger partial charge in [-0.15, -0.1) is 0 Å². The summed E-state index contributed by atoms with van der Waals surface area (Å²) in [7, 11) is 0. The van der Waals surface area contributed by atoms with Crippen LogP contribution in [0.25, 0.3) is 5.69 Å². The standard InChI is InChI=1S/C12H13N3O/c16-8-10-7-11(3-5-13-10)15-6-4-12(14-15)9-1-2-9/h3-7,9,16H,1-2,8H2. The van der Waals surface area contributed by atoms with E-state index in [1.807, 2.05) is 23.0 Å². The highest BCUT2D eigenvalue weighted by Crippen LogP contribution is 2.38. The molecule has 2 aromatic rings. The van der Waals surface area contributed by atoms with Crippen molar-refractivity contribution in [3.8, 4) is 5.69 Å². The third-order valence-electron chi connectivity index (χ3n) is 2.83. The summed E-state index contributed by atoms with van der Waals surface area (Å²) < 4.78 is 1.84. The molecule has 0 saturated heterocycles. The van der Waals surface area contributed by atoms with Crippen molar-refractivity contribution >= 4 is 0 Å². The molecule has 0 unspecified atom stereocenters. The second-order valence-electron chi connectivity index (χ2n) is 4.12. The monoisotopic (exact) mass is 215 g/mol. The minimum absolute atomic E-state index is 0.0371. The Morgan fingerprint density at radius 3 is 3.00 bits per heavy atom. The molecule has 16 heavy (non-hydrogen) atoms. The van der Waals surface area contributed by atoms with E-state index in [0.29, 0.717) is 11.6 Å². The average Bonchev–Trinajstić information content (AvgIpc) is 3.07. The van der Waals surface area contributed by atoms with E-state index in [-0.39, 0.29) is 6.61 Å². The number of aromatic nitrogens is 3. The Balaban J connectivity index is 1.93. The lowest BCUT2D eigenvalue weighted by Crippen LogP contribution is -1.98. The molecule has 1 aliphatic carbocycles. The largest absolute Gasteiger partial charge is 0.390 e. The van der Waals surface area contributed by atoms with Gasteiger partial charge in [0, 0.05) is 18.3 Å². The van der Waals surface area contributed by atoms with E-state index in [4.69, 9.17) is 5.11 Å². The van der Waals surface area contributed by atoms with Gasteiger partial charge in [0.25, 0.3) is 0 Å². The van der Waals surface area contributed by atoms with Crippen LogP contribution in [0.5, 0.6) is 0 Å². The predicted molar refractivity (Wildman–Crippen MR) is 59.3 cm³/mol. The molecule has 0 aromatic carbocycles. The first-order valence-electron chi connectivity index (χ1n) is 5.48. The molecule has 0 amide bonds. The van der Waals surface area contributed by atoms with E-state index in [2.05, 4.69) is 16.1 Å². The van der Waals surface area contributed by atoms with Gasteiger partial charge in [0.2, 0.25) is 0 Å². The molecule has 4 nitrogen and oxygen atoms in total. The molecule has 82 valence electrons. The zero-order valence-corrected chi connectivity index (χ0v) is 8.87. The van der Waals surface area contributed by atoms with Crippen LogP contribution in [0.1, 0.15) is 30.1 Å². The molecule has 4 heteroatoms. The van der Waals surface area contributed by atoms with Crippen molar-refractivity contribution in [1.29, 1.82) is 0 Å². The molecule has 2 heterocycles. The number of hydrogen-bond acceptors (Lipinski definition) is 3. The van der Waals surface area contributed by atoms with Crippen LogP contribution in [-0.4, -0.2) is 19.9 Å². The van der Waals surface area contributed by atoms with Gasteiger partial charge in [0.1, 0.15) is 0 Å². The summed E-state index contributed by atoms with van der Waals surface area (Å²) >= 11 is 0. The van der Waals surface area contributed by atoms with Crippen molar-refractivity contribution in [3.63, 3.8) is 0 Å². The van der Waals surface area contributed by atoms with Crippen LogP contribution in [-0.2, 0) is 6.61 Å². The van der Waals surface area contributed by atoms with Crippen molar-refractivity contribution in [2.24, 2.45) is 0 Å². The van der Waals surface area contributed by atoms with Gasteiger partial charge in [0.05, 0.1) is 23.7 Å². The quantitative estimate of drug-likeness (QED) is 0.846. The second kappa shape index (κ2) is 3.72. The highest BCUT2D eigenvalue weighted by Gasteiger charge is 2.25. The van der Waals surface area contributed by atoms with Crippen molar-refractivity contribution in [2.45, 2.75) is 25.4 Å². The molecular formula is C12H13N3O. The zero-order valence-electron chi connectivity index (χ0n) is 8.87. The lowest BCUT2D eigenvalue weighted by molar-refractivity contribution is 0.277. The normalized spacial score (nSPS) is 15.3. The fourth-order valence-electron chi connectivity index (χ4n) is 1.77. The molecule has 0 atom stereocenters. The Bertz CT molecular complexity index is 502. The van der Waals surface area contributed by atoms with Crippen LogP contribution in [0.2, 0.25) is 0 Å². The maximum absolute atomic E-state index is 9.02. The van der Waals surface area contributed by atoms with Gasteiger partial charge in [-0.1, -0.05) is 0 Å². The Labute approximate surface area is 93.6 Å². The predicted octanol–water partition coefficient (Wildman–Crippen LogP) is 1.64. The fourth-order valence-corrected chi connectivity index (χ4v) is 1.77. The molecule has 1 saturated carbocycles. The minimum Gasteiger partial charge on any atom is -0.390 e. The Hall–Kier alpha value is -1.68. The number of aliphatic hydroxyl groups excluding tert-OH is 1. The number of aliphatic hydroxyl groups is 1. The smallest absolute Gasteiger partial charge is 0.0853 e. The van der Waals surface area contributed by atoms with Crippen LogP contribution in [0.3, 0.4) is 0 Å². The van der Waals surface area contributed by atoms with Gasteiger partial charge < -0.3 is 5.11 Å². The summed E-state index contributed by atoms with van der Waals surface area (Å²) in [4.78, 5) is 4.05. The lowest BCUT2D eigenvalue weighted by Gasteiger charge is -2.02. The highest BCUT2D eigenvalue weighted by atomic mass is 16.3. The summed E-state index contributed by atoms with van der Waals surface area (Å²) in [6.07, 6.45) is 6.17. The maximum atomic E-state index is 9.02. The third-order valence-corrected chi connectivity index (χ3v) is 2.83. The average molecular weight is 215 g/mol. The molecule has 0 bridgehead atoms. The van der Waals surface area contributed by atoms with Gasteiger partial charge in [0.15, 0.2) is 0 Å². The van der Waals surface area contributed by atoms with Crippen LogP contribution in [0, 0.1) is 0 Å². The van der Waals surface area contributed by atoms with Gasteiger partial charge in [-0.2, -0.15) is 5.10 Å². The number of nitrogens with zero attached hydrogens (tertiary/aromatic N) is 3. The summed E-state index contributed by atoms with van der Waals surface area (Å²) in [6.45, 7) is -0.0371. The van der Waals surface area contributed by atoms with Gasteiger partial charge in [-0.25, -0.2) is 4.68 Å². The summed E-state index contributed by atoms with van der Waals surface area (Å²) in [6, 6.07) is 5.81. The highest BCUT2D eigenvalue weighted by molar-refractivity contribution is 5.32. The number of rotatable bonds is 3. The molecular weight excluding hydrogens is 202 g/mol. The first-order chi connectivity index (χ1) is 7.86. The minimum atomic E-state index is -0.0371. The van der Waals surface area contributed by atoms with E-state index in [1.54, 1.807) is 6.20 Å². The Morgan fingerprint density at radius 1 is 1.38 bits per heavy atom. The van der Waals surface area contributed by atoms with E-state index in [9.17, 15) is 0 Å².